The lowest BCUT2D eigenvalue weighted by Gasteiger charge is -2.15. The number of fused-ring (bicyclic) bond motifs is 1. The number of amides is 2. The van der Waals surface area contributed by atoms with E-state index in [1.54, 1.807) is 31.2 Å². The predicted molar refractivity (Wildman–Crippen MR) is 111 cm³/mol. The zero-order chi connectivity index (χ0) is 20.4. The number of carbonyl (C=O) groups excluding carboxylic acids is 3. The van der Waals surface area contributed by atoms with Gasteiger partial charge in [-0.25, -0.2) is 14.7 Å². The van der Waals surface area contributed by atoms with Crippen molar-refractivity contribution in [3.05, 3.63) is 59.9 Å². The van der Waals surface area contributed by atoms with Gasteiger partial charge in [-0.3, -0.25) is 9.59 Å². The van der Waals surface area contributed by atoms with Crippen molar-refractivity contribution in [1.29, 1.82) is 0 Å². The zero-order valence-corrected chi connectivity index (χ0v) is 16.6. The molecule has 2 aromatic carbocycles. The van der Waals surface area contributed by atoms with Crippen LogP contribution in [0, 0.1) is 0 Å². The summed E-state index contributed by atoms with van der Waals surface area (Å²) in [7, 11) is 0. The Morgan fingerprint density at radius 3 is 2.69 bits per heavy atom. The number of aromatic nitrogens is 2. The molecule has 1 unspecified atom stereocenters. The third-order valence-corrected chi connectivity index (χ3v) is 5.81. The van der Waals surface area contributed by atoms with Crippen molar-refractivity contribution in [3.63, 3.8) is 0 Å². The smallest absolute Gasteiger partial charge is 0.338 e. The number of para-hydroxylation sites is 2. The maximum absolute atomic E-state index is 12.8. The molecule has 148 valence electrons. The highest BCUT2D eigenvalue weighted by Gasteiger charge is 2.39. The third-order valence-electron chi connectivity index (χ3n) is 4.60. The van der Waals surface area contributed by atoms with Gasteiger partial charge in [0.25, 0.3) is 0 Å². The number of imide groups is 1. The van der Waals surface area contributed by atoms with Crippen LogP contribution in [0.3, 0.4) is 0 Å². The van der Waals surface area contributed by atoms with Gasteiger partial charge in [-0.05, 0) is 43.3 Å². The summed E-state index contributed by atoms with van der Waals surface area (Å²) >= 11 is 1.40. The van der Waals surface area contributed by atoms with Gasteiger partial charge < -0.3 is 9.72 Å². The first kappa shape index (κ1) is 19.2. The quantitative estimate of drug-likeness (QED) is 0.496. The highest BCUT2D eigenvalue weighted by atomic mass is 32.2. The molecular formula is C21H19N3O4S. The second kappa shape index (κ2) is 8.08. The summed E-state index contributed by atoms with van der Waals surface area (Å²) in [5.74, 6) is 0.348. The van der Waals surface area contributed by atoms with Crippen molar-refractivity contribution in [2.24, 2.45) is 0 Å². The summed E-state index contributed by atoms with van der Waals surface area (Å²) < 4.78 is 4.95. The third kappa shape index (κ3) is 3.88. The van der Waals surface area contributed by atoms with Crippen LogP contribution in [0.2, 0.25) is 0 Å². The summed E-state index contributed by atoms with van der Waals surface area (Å²) in [6.45, 7) is 2.02. The largest absolute Gasteiger partial charge is 0.462 e. The van der Waals surface area contributed by atoms with Gasteiger partial charge in [0.05, 0.1) is 39.9 Å². The summed E-state index contributed by atoms with van der Waals surface area (Å²) in [4.78, 5) is 45.9. The van der Waals surface area contributed by atoms with Crippen LogP contribution in [0.1, 0.15) is 29.5 Å². The number of nitrogens with one attached hydrogen (secondary N) is 1. The van der Waals surface area contributed by atoms with E-state index in [0.717, 1.165) is 16.9 Å². The Hall–Kier alpha value is -3.13. The van der Waals surface area contributed by atoms with E-state index < -0.39 is 11.2 Å². The van der Waals surface area contributed by atoms with Crippen molar-refractivity contribution in [1.82, 2.24) is 9.97 Å². The average molecular weight is 409 g/mol. The molecule has 29 heavy (non-hydrogen) atoms. The zero-order valence-electron chi connectivity index (χ0n) is 15.8. The summed E-state index contributed by atoms with van der Waals surface area (Å²) in [6, 6.07) is 14.0. The topological polar surface area (TPSA) is 92.4 Å². The molecule has 1 saturated heterocycles. The molecule has 1 aliphatic heterocycles. The molecule has 1 atom stereocenters. The van der Waals surface area contributed by atoms with Gasteiger partial charge in [0.15, 0.2) is 0 Å². The van der Waals surface area contributed by atoms with Crippen molar-refractivity contribution in [2.75, 3.05) is 11.5 Å². The second-order valence-electron chi connectivity index (χ2n) is 6.54. The number of thioether (sulfide) groups is 1. The molecule has 1 N–H and O–H groups in total. The SMILES string of the molecule is CCOC(=O)c1ccc(N2C(=O)CC(SCc3nc4ccccc4[nH]3)C2=O)cc1. The summed E-state index contributed by atoms with van der Waals surface area (Å²) in [5, 5.41) is -0.458. The molecule has 1 aliphatic rings. The summed E-state index contributed by atoms with van der Waals surface area (Å²) in [6.07, 6.45) is 0.142. The fourth-order valence-electron chi connectivity index (χ4n) is 3.22. The molecule has 3 aromatic rings. The monoisotopic (exact) mass is 409 g/mol. The number of imidazole rings is 1. The lowest BCUT2D eigenvalue weighted by molar-refractivity contribution is -0.121. The molecule has 2 heterocycles. The van der Waals surface area contributed by atoms with E-state index in [9.17, 15) is 14.4 Å². The molecule has 0 aliphatic carbocycles. The van der Waals surface area contributed by atoms with Crippen molar-refractivity contribution in [2.45, 2.75) is 24.3 Å². The van der Waals surface area contributed by atoms with Gasteiger partial charge in [0.2, 0.25) is 11.8 Å². The molecule has 4 rings (SSSR count). The Morgan fingerprint density at radius 1 is 1.21 bits per heavy atom. The van der Waals surface area contributed by atoms with E-state index in [0.29, 0.717) is 17.0 Å². The fraction of sp³-hybridized carbons (Fsp3) is 0.238. The Bertz CT molecular complexity index is 1040. The number of carbonyl (C=O) groups is 3. The van der Waals surface area contributed by atoms with E-state index in [-0.39, 0.29) is 24.8 Å². The van der Waals surface area contributed by atoms with Crippen LogP contribution in [0.25, 0.3) is 11.0 Å². The minimum Gasteiger partial charge on any atom is -0.462 e. The number of esters is 1. The molecule has 0 saturated carbocycles. The van der Waals surface area contributed by atoms with Crippen LogP contribution in [0.5, 0.6) is 0 Å². The first-order valence-electron chi connectivity index (χ1n) is 9.26. The van der Waals surface area contributed by atoms with Crippen LogP contribution in [0.4, 0.5) is 5.69 Å². The van der Waals surface area contributed by atoms with E-state index in [1.165, 1.54) is 16.7 Å². The molecule has 7 nitrogen and oxygen atoms in total. The number of anilines is 1. The number of hydrogen-bond donors (Lipinski definition) is 1. The normalized spacial score (nSPS) is 16.6. The molecule has 1 fully saturated rings. The molecule has 8 heteroatoms. The van der Waals surface area contributed by atoms with Crippen LogP contribution in [-0.4, -0.2) is 39.6 Å². The highest BCUT2D eigenvalue weighted by molar-refractivity contribution is 7.99. The van der Waals surface area contributed by atoms with Gasteiger partial charge in [0, 0.05) is 6.42 Å². The van der Waals surface area contributed by atoms with Crippen LogP contribution in [-0.2, 0) is 20.1 Å². The minimum absolute atomic E-state index is 0.142. The van der Waals surface area contributed by atoms with Gasteiger partial charge >= 0.3 is 5.97 Å². The number of H-pyrrole nitrogens is 1. The van der Waals surface area contributed by atoms with E-state index in [2.05, 4.69) is 9.97 Å². The molecule has 1 aromatic heterocycles. The fourth-order valence-corrected chi connectivity index (χ4v) is 4.22. The van der Waals surface area contributed by atoms with Crippen molar-refractivity contribution >= 4 is 46.3 Å². The lowest BCUT2D eigenvalue weighted by atomic mass is 10.2. The first-order valence-corrected chi connectivity index (χ1v) is 10.3. The number of aromatic amines is 1. The van der Waals surface area contributed by atoms with Gasteiger partial charge in [0.1, 0.15) is 5.82 Å². The van der Waals surface area contributed by atoms with Crippen molar-refractivity contribution < 1.29 is 19.1 Å². The Morgan fingerprint density at radius 2 is 1.97 bits per heavy atom. The first-order chi connectivity index (χ1) is 14.1. The van der Waals surface area contributed by atoms with Gasteiger partial charge in [-0.2, -0.15) is 0 Å². The predicted octanol–water partition coefficient (Wildman–Crippen LogP) is 3.30. The molecule has 0 spiro atoms. The maximum Gasteiger partial charge on any atom is 0.338 e. The number of rotatable bonds is 6. The van der Waals surface area contributed by atoms with E-state index >= 15 is 0 Å². The standard InChI is InChI=1S/C21H19N3O4S/c1-2-28-21(27)13-7-9-14(10-8-13)24-19(25)11-17(20(24)26)29-12-18-22-15-5-3-4-6-16(15)23-18/h3-10,17H,2,11-12H2,1H3,(H,22,23). The number of nitrogens with zero attached hydrogens (tertiary/aromatic N) is 2. The lowest BCUT2D eigenvalue weighted by Crippen LogP contribution is -2.31. The maximum atomic E-state index is 12.8. The second-order valence-corrected chi connectivity index (χ2v) is 7.73. The summed E-state index contributed by atoms with van der Waals surface area (Å²) in [5.41, 5.74) is 2.66. The molecule has 0 bridgehead atoms. The van der Waals surface area contributed by atoms with Crippen LogP contribution < -0.4 is 4.90 Å². The Labute approximate surface area is 171 Å². The van der Waals surface area contributed by atoms with Crippen LogP contribution >= 0.6 is 11.8 Å². The number of hydrogen-bond acceptors (Lipinski definition) is 6. The van der Waals surface area contributed by atoms with Crippen LogP contribution in [0.15, 0.2) is 48.5 Å². The number of benzene rings is 2. The molecule has 2 amide bonds. The number of ether oxygens (including phenoxy) is 1. The Balaban J connectivity index is 1.43. The molecule has 0 radical (unpaired) electrons. The van der Waals surface area contributed by atoms with E-state index in [1.807, 2.05) is 24.3 Å². The average Bonchev–Trinajstić information content (AvgIpc) is 3.26. The van der Waals surface area contributed by atoms with Gasteiger partial charge in [-0.15, -0.1) is 11.8 Å². The Kier molecular flexibility index (Phi) is 5.35. The minimum atomic E-state index is -0.458. The highest BCUT2D eigenvalue weighted by Crippen LogP contribution is 2.31. The van der Waals surface area contributed by atoms with Crippen molar-refractivity contribution in [3.8, 4) is 0 Å². The van der Waals surface area contributed by atoms with Gasteiger partial charge in [-0.1, -0.05) is 12.1 Å². The van der Waals surface area contributed by atoms with E-state index in [4.69, 9.17) is 4.74 Å². The molecular weight excluding hydrogens is 390 g/mol.